The molecule has 4 nitrogen and oxygen atoms in total. The van der Waals surface area contributed by atoms with Crippen molar-refractivity contribution in [2.75, 3.05) is 6.54 Å². The van der Waals surface area contributed by atoms with E-state index in [1.165, 1.54) is 0 Å². The number of furan rings is 1. The Balaban J connectivity index is 2.16. The first kappa shape index (κ1) is 17.3. The smallest absolute Gasteiger partial charge is 0.286 e. The minimum atomic E-state index is -3.15. The van der Waals surface area contributed by atoms with Crippen LogP contribution in [0.15, 0.2) is 46.0 Å². The molecular weight excluding hydrogens is 326 g/mol. The maximum absolute atomic E-state index is 13.6. The quantitative estimate of drug-likeness (QED) is 0.470. The number of hydrogen-bond acceptors (Lipinski definition) is 3. The number of para-hydroxylation sites is 1. The Morgan fingerprint density at radius 3 is 2.80 bits per heavy atom. The Morgan fingerprint density at radius 1 is 1.44 bits per heavy atom. The third-order valence-corrected chi connectivity index (χ3v) is 4.52. The van der Waals surface area contributed by atoms with Gasteiger partial charge < -0.3 is 14.1 Å². The highest BCUT2D eigenvalue weighted by molar-refractivity contribution is 6.03. The summed E-state index contributed by atoms with van der Waals surface area (Å²) in [6, 6.07) is 7.04. The van der Waals surface area contributed by atoms with Gasteiger partial charge >= 0.3 is 0 Å². The minimum absolute atomic E-state index is 0.245. The van der Waals surface area contributed by atoms with Gasteiger partial charge in [-0.25, -0.2) is 4.99 Å². The van der Waals surface area contributed by atoms with Crippen LogP contribution in [0.4, 0.5) is 8.78 Å². The van der Waals surface area contributed by atoms with Crippen molar-refractivity contribution in [2.45, 2.75) is 38.7 Å². The van der Waals surface area contributed by atoms with E-state index in [1.807, 2.05) is 31.2 Å². The van der Waals surface area contributed by atoms with Crippen LogP contribution in [0, 0.1) is 6.92 Å². The monoisotopic (exact) mass is 346 g/mol. The Morgan fingerprint density at radius 2 is 2.16 bits per heavy atom. The third-order valence-electron chi connectivity index (χ3n) is 4.52. The van der Waals surface area contributed by atoms with Gasteiger partial charge in [0.05, 0.1) is 6.04 Å². The molecule has 1 aromatic carbocycles. The first-order valence-electron chi connectivity index (χ1n) is 8.19. The second-order valence-electron chi connectivity index (χ2n) is 6.36. The van der Waals surface area contributed by atoms with E-state index in [-0.39, 0.29) is 5.84 Å². The van der Waals surface area contributed by atoms with E-state index in [0.717, 1.165) is 30.6 Å². The predicted octanol–water partition coefficient (Wildman–Crippen LogP) is 4.32. The van der Waals surface area contributed by atoms with Gasteiger partial charge in [-0.2, -0.15) is 8.78 Å². The molecule has 0 aliphatic carbocycles. The molecule has 0 saturated carbocycles. The summed E-state index contributed by atoms with van der Waals surface area (Å²) in [6.07, 6.45) is 2.28. The zero-order valence-electron chi connectivity index (χ0n) is 14.3. The molecule has 1 aliphatic rings. The lowest BCUT2D eigenvalue weighted by molar-refractivity contribution is -0.110. The SMILES string of the molecule is C=C(N=C(c1oc2ccccc2c1C)N1CCC[C@H]1C=O)C(C)(F)F. The van der Waals surface area contributed by atoms with Crippen molar-refractivity contribution in [3.8, 4) is 0 Å². The number of alkyl halides is 2. The largest absolute Gasteiger partial charge is 0.453 e. The summed E-state index contributed by atoms with van der Waals surface area (Å²) in [6.45, 7) is 6.57. The van der Waals surface area contributed by atoms with Crippen LogP contribution in [0.3, 0.4) is 0 Å². The summed E-state index contributed by atoms with van der Waals surface area (Å²) in [5.41, 5.74) is 0.899. The number of carbonyl (C=O) groups is 1. The van der Waals surface area contributed by atoms with Crippen molar-refractivity contribution in [3.63, 3.8) is 0 Å². The average molecular weight is 346 g/mol. The molecule has 0 N–H and O–H groups in total. The van der Waals surface area contributed by atoms with E-state index >= 15 is 0 Å². The van der Waals surface area contributed by atoms with Crippen LogP contribution in [-0.4, -0.2) is 35.5 Å². The number of aliphatic imine (C=N–C) groups is 1. The highest BCUT2D eigenvalue weighted by atomic mass is 19.3. The molecule has 0 spiro atoms. The highest BCUT2D eigenvalue weighted by Crippen LogP contribution is 2.31. The zero-order valence-corrected chi connectivity index (χ0v) is 14.3. The molecule has 1 saturated heterocycles. The van der Waals surface area contributed by atoms with Gasteiger partial charge in [0.25, 0.3) is 5.92 Å². The van der Waals surface area contributed by atoms with E-state index in [1.54, 1.807) is 4.90 Å². The van der Waals surface area contributed by atoms with Crippen LogP contribution in [0.2, 0.25) is 0 Å². The number of aryl methyl sites for hydroxylation is 1. The number of likely N-dealkylation sites (tertiary alicyclic amines) is 1. The summed E-state index contributed by atoms with van der Waals surface area (Å²) in [7, 11) is 0. The molecule has 25 heavy (non-hydrogen) atoms. The van der Waals surface area contributed by atoms with Crippen LogP contribution in [0.1, 0.15) is 31.1 Å². The van der Waals surface area contributed by atoms with Gasteiger partial charge in [0.15, 0.2) is 11.6 Å². The van der Waals surface area contributed by atoms with Crippen molar-refractivity contribution in [1.82, 2.24) is 4.90 Å². The second-order valence-corrected chi connectivity index (χ2v) is 6.36. The van der Waals surface area contributed by atoms with Gasteiger partial charge in [0.2, 0.25) is 0 Å². The number of carbonyl (C=O) groups excluding carboxylic acids is 1. The van der Waals surface area contributed by atoms with Crippen molar-refractivity contribution in [2.24, 2.45) is 4.99 Å². The molecule has 1 aliphatic heterocycles. The molecule has 3 rings (SSSR count). The van der Waals surface area contributed by atoms with Crippen molar-refractivity contribution in [1.29, 1.82) is 0 Å². The van der Waals surface area contributed by atoms with Gasteiger partial charge in [-0.15, -0.1) is 0 Å². The third kappa shape index (κ3) is 3.21. The first-order chi connectivity index (χ1) is 11.8. The summed E-state index contributed by atoms with van der Waals surface area (Å²) < 4.78 is 33.2. The van der Waals surface area contributed by atoms with Crippen LogP contribution in [0.25, 0.3) is 11.0 Å². The fourth-order valence-electron chi connectivity index (χ4n) is 3.06. The number of allylic oxidation sites excluding steroid dienone is 1. The van der Waals surface area contributed by atoms with Crippen LogP contribution >= 0.6 is 0 Å². The number of halogens is 2. The lowest BCUT2D eigenvalue weighted by Crippen LogP contribution is -2.37. The summed E-state index contributed by atoms with van der Waals surface area (Å²) in [4.78, 5) is 17.2. The van der Waals surface area contributed by atoms with Crippen LogP contribution < -0.4 is 0 Å². The normalized spacial score (nSPS) is 18.8. The first-order valence-corrected chi connectivity index (χ1v) is 8.19. The molecule has 1 fully saturated rings. The Bertz CT molecular complexity index is 849. The molecule has 0 bridgehead atoms. The standard InChI is InChI=1S/C19H20F2N2O2/c1-12-15-8-4-5-9-16(15)25-17(12)18(22-13(2)19(3,20)21)23-10-6-7-14(23)11-24/h4-5,8-9,11,14H,2,6-7,10H2,1,3H3/t14-/m0/s1. The molecule has 2 aromatic rings. The van der Waals surface area contributed by atoms with Gasteiger partial charge in [-0.3, -0.25) is 0 Å². The van der Waals surface area contributed by atoms with Crippen LogP contribution in [0.5, 0.6) is 0 Å². The molecule has 0 radical (unpaired) electrons. The van der Waals surface area contributed by atoms with Gasteiger partial charge in [-0.1, -0.05) is 24.8 Å². The summed E-state index contributed by atoms with van der Waals surface area (Å²) >= 11 is 0. The molecule has 1 aromatic heterocycles. The van der Waals surface area contributed by atoms with E-state index < -0.39 is 17.7 Å². The number of amidine groups is 1. The summed E-state index contributed by atoms with van der Waals surface area (Å²) in [5, 5.41) is 0.890. The topological polar surface area (TPSA) is 45.8 Å². The lowest BCUT2D eigenvalue weighted by Gasteiger charge is -2.24. The number of fused-ring (bicyclic) bond motifs is 1. The number of aldehydes is 1. The summed E-state index contributed by atoms with van der Waals surface area (Å²) in [5.74, 6) is -2.50. The molecule has 2 heterocycles. The minimum Gasteiger partial charge on any atom is -0.453 e. The van der Waals surface area contributed by atoms with E-state index in [4.69, 9.17) is 4.42 Å². The predicted molar refractivity (Wildman–Crippen MR) is 93.0 cm³/mol. The number of nitrogens with zero attached hydrogens (tertiary/aromatic N) is 2. The number of benzene rings is 1. The molecule has 0 unspecified atom stereocenters. The molecule has 1 atom stereocenters. The molecule has 0 amide bonds. The van der Waals surface area contributed by atoms with Gasteiger partial charge in [-0.05, 0) is 25.8 Å². The Labute approximate surface area is 144 Å². The fourth-order valence-corrected chi connectivity index (χ4v) is 3.06. The Hall–Kier alpha value is -2.50. The van der Waals surface area contributed by atoms with Crippen molar-refractivity contribution in [3.05, 3.63) is 47.9 Å². The highest BCUT2D eigenvalue weighted by Gasteiger charge is 2.33. The molecular formula is C19H20F2N2O2. The number of rotatable bonds is 4. The van der Waals surface area contributed by atoms with Crippen molar-refractivity contribution < 1.29 is 18.0 Å². The van der Waals surface area contributed by atoms with E-state index in [0.29, 0.717) is 24.3 Å². The van der Waals surface area contributed by atoms with Crippen molar-refractivity contribution >= 4 is 23.1 Å². The Kier molecular flexibility index (Phi) is 4.45. The number of hydrogen-bond donors (Lipinski definition) is 0. The van der Waals surface area contributed by atoms with Crippen LogP contribution in [-0.2, 0) is 4.79 Å². The zero-order chi connectivity index (χ0) is 18.2. The molecule has 6 heteroatoms. The van der Waals surface area contributed by atoms with Gasteiger partial charge in [0, 0.05) is 24.4 Å². The van der Waals surface area contributed by atoms with E-state index in [2.05, 4.69) is 11.6 Å². The average Bonchev–Trinajstić information content (AvgIpc) is 3.16. The fraction of sp³-hybridized carbons (Fsp3) is 0.368. The second kappa shape index (κ2) is 6.43. The lowest BCUT2D eigenvalue weighted by atomic mass is 10.1. The maximum Gasteiger partial charge on any atom is 0.286 e. The van der Waals surface area contributed by atoms with E-state index in [9.17, 15) is 13.6 Å². The van der Waals surface area contributed by atoms with Gasteiger partial charge in [0.1, 0.15) is 17.6 Å². The maximum atomic E-state index is 13.6. The molecule has 132 valence electrons.